The van der Waals surface area contributed by atoms with Gasteiger partial charge in [-0.1, -0.05) is 6.92 Å². The second kappa shape index (κ2) is 6.17. The lowest BCUT2D eigenvalue weighted by molar-refractivity contribution is -0.151. The van der Waals surface area contributed by atoms with Crippen molar-refractivity contribution < 1.29 is 14.7 Å². The molecule has 0 bridgehead atoms. The van der Waals surface area contributed by atoms with Gasteiger partial charge in [0.2, 0.25) is 5.91 Å². The number of amides is 1. The molecule has 0 spiro atoms. The molecule has 6 heteroatoms. The van der Waals surface area contributed by atoms with Crippen molar-refractivity contribution in [2.45, 2.75) is 32.7 Å². The Hall–Kier alpha value is -1.69. The van der Waals surface area contributed by atoms with Crippen molar-refractivity contribution in [2.24, 2.45) is 5.92 Å². The molecule has 0 radical (unpaired) electrons. The van der Waals surface area contributed by atoms with Crippen LogP contribution in [0, 0.1) is 12.8 Å². The average molecular weight is 294 g/mol. The molecule has 1 aromatic rings. The molecular formula is C14H18N2O3S. The summed E-state index contributed by atoms with van der Waals surface area (Å²) in [6.45, 7) is 4.42. The molecule has 2 unspecified atom stereocenters. The third-order valence-electron chi connectivity index (χ3n) is 3.47. The third kappa shape index (κ3) is 3.45. The van der Waals surface area contributed by atoms with Crippen molar-refractivity contribution in [3.05, 3.63) is 22.2 Å². The van der Waals surface area contributed by atoms with Gasteiger partial charge in [0.05, 0.1) is 10.7 Å². The topological polar surface area (TPSA) is 70.5 Å². The first-order valence-corrected chi connectivity index (χ1v) is 7.49. The molecule has 1 fully saturated rings. The van der Waals surface area contributed by atoms with Crippen molar-refractivity contribution in [1.29, 1.82) is 0 Å². The number of hydrogen-bond acceptors (Lipinski definition) is 4. The maximum atomic E-state index is 12.2. The molecule has 2 heterocycles. The Bertz CT molecular complexity index is 538. The predicted molar refractivity (Wildman–Crippen MR) is 77.4 cm³/mol. The number of hydrogen-bond donors (Lipinski definition) is 1. The second-order valence-corrected chi connectivity index (χ2v) is 6.20. The summed E-state index contributed by atoms with van der Waals surface area (Å²) in [5, 5.41) is 12.0. The Labute approximate surface area is 121 Å². The summed E-state index contributed by atoms with van der Waals surface area (Å²) >= 11 is 1.52. The number of carbonyl (C=O) groups is 2. The van der Waals surface area contributed by atoms with Crippen LogP contribution in [0.5, 0.6) is 0 Å². The van der Waals surface area contributed by atoms with Crippen molar-refractivity contribution in [1.82, 2.24) is 9.88 Å². The van der Waals surface area contributed by atoms with Crippen LogP contribution in [0.15, 0.2) is 11.5 Å². The minimum absolute atomic E-state index is 0.255. The minimum Gasteiger partial charge on any atom is -0.480 e. The number of nitrogens with zero attached hydrogens (tertiary/aromatic N) is 2. The number of thiazole rings is 1. The van der Waals surface area contributed by atoms with E-state index in [1.807, 2.05) is 19.2 Å². The van der Waals surface area contributed by atoms with Gasteiger partial charge in [0, 0.05) is 18.0 Å². The lowest BCUT2D eigenvalue weighted by Gasteiger charge is -2.35. The van der Waals surface area contributed by atoms with Gasteiger partial charge in [-0.05, 0) is 31.8 Å². The van der Waals surface area contributed by atoms with Gasteiger partial charge < -0.3 is 10.0 Å². The highest BCUT2D eigenvalue weighted by molar-refractivity contribution is 7.09. The Morgan fingerprint density at radius 2 is 2.30 bits per heavy atom. The van der Waals surface area contributed by atoms with Gasteiger partial charge in [0.15, 0.2) is 0 Å². The van der Waals surface area contributed by atoms with E-state index in [9.17, 15) is 14.7 Å². The fraction of sp³-hybridized carbons (Fsp3) is 0.500. The lowest BCUT2D eigenvalue weighted by atomic mass is 9.92. The van der Waals surface area contributed by atoms with E-state index in [-0.39, 0.29) is 5.91 Å². The molecule has 0 saturated carbocycles. The number of carboxylic acid groups (broad SMARTS) is 1. The predicted octanol–water partition coefficient (Wildman–Crippen LogP) is 2.18. The zero-order chi connectivity index (χ0) is 14.7. The first-order chi connectivity index (χ1) is 9.47. The Kier molecular flexibility index (Phi) is 4.54. The van der Waals surface area contributed by atoms with Crippen LogP contribution in [-0.2, 0) is 9.59 Å². The summed E-state index contributed by atoms with van der Waals surface area (Å²) in [7, 11) is 0. The number of aromatic nitrogens is 1. The number of carbonyl (C=O) groups excluding carboxylic acids is 1. The monoisotopic (exact) mass is 294 g/mol. The van der Waals surface area contributed by atoms with E-state index in [0.29, 0.717) is 18.9 Å². The molecule has 2 atom stereocenters. The van der Waals surface area contributed by atoms with Crippen molar-refractivity contribution in [2.75, 3.05) is 6.54 Å². The van der Waals surface area contributed by atoms with E-state index in [2.05, 4.69) is 4.98 Å². The Balaban J connectivity index is 2.07. The highest BCUT2D eigenvalue weighted by atomic mass is 32.1. The van der Waals surface area contributed by atoms with Gasteiger partial charge in [0.1, 0.15) is 6.04 Å². The number of rotatable bonds is 3. The van der Waals surface area contributed by atoms with Crippen LogP contribution < -0.4 is 0 Å². The number of aryl methyl sites for hydroxylation is 1. The maximum absolute atomic E-state index is 12.2. The summed E-state index contributed by atoms with van der Waals surface area (Å²) in [5.41, 5.74) is 0.734. The standard InChI is InChI=1S/C14H18N2O3S/c1-9-5-6-16(12(7-9)14(18)19)13(17)4-3-11-8-20-10(2)15-11/h3-4,8-9,12H,5-7H2,1-2H3,(H,18,19)/b4-3+. The molecule has 20 heavy (non-hydrogen) atoms. The fourth-order valence-electron chi connectivity index (χ4n) is 2.35. The van der Waals surface area contributed by atoms with Gasteiger partial charge in [-0.25, -0.2) is 9.78 Å². The van der Waals surface area contributed by atoms with Crippen LogP contribution in [0.4, 0.5) is 0 Å². The summed E-state index contributed by atoms with van der Waals surface area (Å²) in [4.78, 5) is 29.1. The van der Waals surface area contributed by atoms with Crippen molar-refractivity contribution >= 4 is 29.3 Å². The third-order valence-corrected chi connectivity index (χ3v) is 4.26. The molecule has 1 amide bonds. The van der Waals surface area contributed by atoms with Crippen molar-refractivity contribution in [3.63, 3.8) is 0 Å². The van der Waals surface area contributed by atoms with Crippen LogP contribution in [0.2, 0.25) is 0 Å². The summed E-state index contributed by atoms with van der Waals surface area (Å²) in [6, 6.07) is -0.715. The highest BCUT2D eigenvalue weighted by Gasteiger charge is 2.33. The second-order valence-electron chi connectivity index (χ2n) is 5.14. The molecule has 108 valence electrons. The Morgan fingerprint density at radius 1 is 1.55 bits per heavy atom. The van der Waals surface area contributed by atoms with E-state index in [0.717, 1.165) is 17.1 Å². The molecule has 0 aromatic carbocycles. The summed E-state index contributed by atoms with van der Waals surface area (Å²) in [6.07, 6.45) is 4.42. The smallest absolute Gasteiger partial charge is 0.326 e. The fourth-order valence-corrected chi connectivity index (χ4v) is 2.93. The van der Waals surface area contributed by atoms with Crippen LogP contribution in [0.3, 0.4) is 0 Å². The van der Waals surface area contributed by atoms with E-state index < -0.39 is 12.0 Å². The summed E-state index contributed by atoms with van der Waals surface area (Å²) in [5.74, 6) is -0.844. The van der Waals surface area contributed by atoms with Gasteiger partial charge in [-0.3, -0.25) is 4.79 Å². The zero-order valence-corrected chi connectivity index (χ0v) is 12.4. The molecule has 2 rings (SSSR count). The van der Waals surface area contributed by atoms with Gasteiger partial charge in [-0.15, -0.1) is 11.3 Å². The highest BCUT2D eigenvalue weighted by Crippen LogP contribution is 2.23. The molecule has 1 aliphatic rings. The van der Waals surface area contributed by atoms with E-state index in [1.54, 1.807) is 6.08 Å². The van der Waals surface area contributed by atoms with E-state index in [4.69, 9.17) is 0 Å². The largest absolute Gasteiger partial charge is 0.480 e. The molecule has 1 saturated heterocycles. The lowest BCUT2D eigenvalue weighted by Crippen LogP contribution is -2.49. The molecular weight excluding hydrogens is 276 g/mol. The molecule has 0 aliphatic carbocycles. The van der Waals surface area contributed by atoms with Crippen LogP contribution in [0.25, 0.3) is 6.08 Å². The first kappa shape index (κ1) is 14.7. The van der Waals surface area contributed by atoms with Crippen molar-refractivity contribution in [3.8, 4) is 0 Å². The molecule has 1 N–H and O–H groups in total. The minimum atomic E-state index is -0.928. The van der Waals surface area contributed by atoms with Crippen LogP contribution >= 0.6 is 11.3 Å². The van der Waals surface area contributed by atoms with Gasteiger partial charge >= 0.3 is 5.97 Å². The van der Waals surface area contributed by atoms with Gasteiger partial charge in [0.25, 0.3) is 0 Å². The van der Waals surface area contributed by atoms with E-state index >= 15 is 0 Å². The number of carboxylic acids is 1. The maximum Gasteiger partial charge on any atom is 0.326 e. The summed E-state index contributed by atoms with van der Waals surface area (Å²) < 4.78 is 0. The quantitative estimate of drug-likeness (QED) is 0.867. The van der Waals surface area contributed by atoms with Gasteiger partial charge in [-0.2, -0.15) is 0 Å². The average Bonchev–Trinajstić information content (AvgIpc) is 2.81. The number of aliphatic carboxylic acids is 1. The molecule has 1 aromatic heterocycles. The number of piperidine rings is 1. The Morgan fingerprint density at radius 3 is 2.90 bits per heavy atom. The number of likely N-dealkylation sites (tertiary alicyclic amines) is 1. The van der Waals surface area contributed by atoms with Crippen LogP contribution in [0.1, 0.15) is 30.5 Å². The zero-order valence-electron chi connectivity index (χ0n) is 11.6. The van der Waals surface area contributed by atoms with Crippen LogP contribution in [-0.4, -0.2) is 39.5 Å². The molecule has 5 nitrogen and oxygen atoms in total. The van der Waals surface area contributed by atoms with E-state index in [1.165, 1.54) is 22.3 Å². The molecule has 1 aliphatic heterocycles. The SMILES string of the molecule is Cc1nc(/C=C/C(=O)N2CCC(C)CC2C(=O)O)cs1. The first-order valence-electron chi connectivity index (χ1n) is 6.61. The normalized spacial score (nSPS) is 23.2.